The summed E-state index contributed by atoms with van der Waals surface area (Å²) in [7, 11) is -3.18. The fourth-order valence-electron chi connectivity index (χ4n) is 3.12. The summed E-state index contributed by atoms with van der Waals surface area (Å²) in [4.78, 5) is 21.0. The summed E-state index contributed by atoms with van der Waals surface area (Å²) in [5.41, 5.74) is 2.62. The maximum absolute atomic E-state index is 12.5. The maximum atomic E-state index is 12.5. The number of amides is 1. The third-order valence-electron chi connectivity index (χ3n) is 4.57. The monoisotopic (exact) mass is 374 g/mol. The number of nitrogens with one attached hydrogen (secondary N) is 1. The third-order valence-corrected chi connectivity index (χ3v) is 5.88. The highest BCUT2D eigenvalue weighted by atomic mass is 32.2. The minimum absolute atomic E-state index is 0.0425. The van der Waals surface area contributed by atoms with Gasteiger partial charge in [-0.1, -0.05) is 6.07 Å². The van der Waals surface area contributed by atoms with E-state index in [9.17, 15) is 13.2 Å². The van der Waals surface area contributed by atoms with E-state index in [1.807, 2.05) is 24.3 Å². The first kappa shape index (κ1) is 18.5. The number of aromatic nitrogens is 2. The van der Waals surface area contributed by atoms with Gasteiger partial charge in [-0.2, -0.15) is 0 Å². The molecule has 7 nitrogen and oxygen atoms in total. The van der Waals surface area contributed by atoms with Crippen LogP contribution < -0.4 is 5.32 Å². The standard InChI is InChI=1S/C18H22N4O3S/c1-26(24,25)22-10-6-14(7-11-22)18(23)21-13-16-5-3-9-20-17(16)15-4-2-8-19-12-15/h2-5,8-9,12,14H,6-7,10-11,13H2,1H3,(H,21,23). The van der Waals surface area contributed by atoms with Crippen LogP contribution in [-0.4, -0.2) is 47.9 Å². The van der Waals surface area contributed by atoms with Crippen molar-refractivity contribution in [1.82, 2.24) is 19.6 Å². The first-order valence-electron chi connectivity index (χ1n) is 8.52. The summed E-state index contributed by atoms with van der Waals surface area (Å²) >= 11 is 0. The molecule has 26 heavy (non-hydrogen) atoms. The number of carbonyl (C=O) groups excluding carboxylic acids is 1. The minimum Gasteiger partial charge on any atom is -0.352 e. The lowest BCUT2D eigenvalue weighted by Crippen LogP contribution is -2.42. The summed E-state index contributed by atoms with van der Waals surface area (Å²) in [6, 6.07) is 7.55. The van der Waals surface area contributed by atoms with Crippen LogP contribution in [0.3, 0.4) is 0 Å². The van der Waals surface area contributed by atoms with Gasteiger partial charge in [-0.25, -0.2) is 12.7 Å². The molecule has 0 spiro atoms. The molecule has 1 N–H and O–H groups in total. The van der Waals surface area contributed by atoms with E-state index < -0.39 is 10.0 Å². The minimum atomic E-state index is -3.18. The number of pyridine rings is 2. The molecular weight excluding hydrogens is 352 g/mol. The zero-order chi connectivity index (χ0) is 18.6. The highest BCUT2D eigenvalue weighted by molar-refractivity contribution is 7.88. The first-order valence-corrected chi connectivity index (χ1v) is 10.4. The summed E-state index contributed by atoms with van der Waals surface area (Å²) in [6.45, 7) is 1.17. The Balaban J connectivity index is 1.61. The third kappa shape index (κ3) is 4.44. The Hall–Kier alpha value is -2.32. The van der Waals surface area contributed by atoms with E-state index >= 15 is 0 Å². The number of carbonyl (C=O) groups is 1. The Kier molecular flexibility index (Phi) is 5.63. The molecule has 1 aliphatic rings. The van der Waals surface area contributed by atoms with Gasteiger partial charge in [0.15, 0.2) is 0 Å². The molecular formula is C18H22N4O3S. The Morgan fingerprint density at radius 2 is 1.96 bits per heavy atom. The normalized spacial score (nSPS) is 16.3. The Morgan fingerprint density at radius 3 is 2.62 bits per heavy atom. The average molecular weight is 374 g/mol. The Labute approximate surface area is 153 Å². The summed E-state index contributed by atoms with van der Waals surface area (Å²) in [5, 5.41) is 2.97. The lowest BCUT2D eigenvalue weighted by Gasteiger charge is -2.29. The van der Waals surface area contributed by atoms with Crippen LogP contribution >= 0.6 is 0 Å². The second kappa shape index (κ2) is 7.92. The molecule has 0 radical (unpaired) electrons. The molecule has 1 fully saturated rings. The maximum Gasteiger partial charge on any atom is 0.223 e. The number of sulfonamides is 1. The summed E-state index contributed by atoms with van der Waals surface area (Å²) in [6.07, 6.45) is 7.46. The van der Waals surface area contributed by atoms with Gasteiger partial charge in [-0.05, 0) is 36.6 Å². The molecule has 0 aromatic carbocycles. The van der Waals surface area contributed by atoms with E-state index in [0.717, 1.165) is 16.8 Å². The predicted octanol–water partition coefficient (Wildman–Crippen LogP) is 1.43. The van der Waals surface area contributed by atoms with Crippen LogP contribution in [0.15, 0.2) is 42.9 Å². The van der Waals surface area contributed by atoms with E-state index in [0.29, 0.717) is 32.5 Å². The zero-order valence-electron chi connectivity index (χ0n) is 14.6. The van der Waals surface area contributed by atoms with Crippen molar-refractivity contribution in [2.24, 2.45) is 5.92 Å². The molecule has 1 aliphatic heterocycles. The molecule has 0 unspecified atom stereocenters. The van der Waals surface area contributed by atoms with Crippen molar-refractivity contribution < 1.29 is 13.2 Å². The van der Waals surface area contributed by atoms with Gasteiger partial charge >= 0.3 is 0 Å². The molecule has 2 aromatic rings. The van der Waals surface area contributed by atoms with Gasteiger partial charge < -0.3 is 5.32 Å². The van der Waals surface area contributed by atoms with E-state index in [1.165, 1.54) is 10.6 Å². The number of hydrogen-bond donors (Lipinski definition) is 1. The van der Waals surface area contributed by atoms with Crippen molar-refractivity contribution in [3.63, 3.8) is 0 Å². The summed E-state index contributed by atoms with van der Waals surface area (Å²) < 4.78 is 24.5. The summed E-state index contributed by atoms with van der Waals surface area (Å²) in [5.74, 6) is -0.203. The van der Waals surface area contributed by atoms with Crippen LogP contribution in [0.5, 0.6) is 0 Å². The molecule has 2 aromatic heterocycles. The van der Waals surface area contributed by atoms with Crippen molar-refractivity contribution in [2.45, 2.75) is 19.4 Å². The van der Waals surface area contributed by atoms with Gasteiger partial charge in [0.05, 0.1) is 11.9 Å². The molecule has 1 amide bonds. The smallest absolute Gasteiger partial charge is 0.223 e. The van der Waals surface area contributed by atoms with Crippen LogP contribution in [0.2, 0.25) is 0 Å². The number of piperidine rings is 1. The van der Waals surface area contributed by atoms with Gasteiger partial charge in [0.25, 0.3) is 0 Å². The Morgan fingerprint density at radius 1 is 1.23 bits per heavy atom. The highest BCUT2D eigenvalue weighted by Crippen LogP contribution is 2.22. The van der Waals surface area contributed by atoms with Gasteiger partial charge in [0.2, 0.25) is 15.9 Å². The second-order valence-electron chi connectivity index (χ2n) is 6.41. The van der Waals surface area contributed by atoms with Crippen molar-refractivity contribution in [3.8, 4) is 11.3 Å². The quantitative estimate of drug-likeness (QED) is 0.855. The van der Waals surface area contributed by atoms with E-state index in [1.54, 1.807) is 18.6 Å². The first-order chi connectivity index (χ1) is 12.4. The van der Waals surface area contributed by atoms with Crippen LogP contribution in [-0.2, 0) is 21.4 Å². The van der Waals surface area contributed by atoms with Crippen LogP contribution in [0.4, 0.5) is 0 Å². The SMILES string of the molecule is CS(=O)(=O)N1CCC(C(=O)NCc2cccnc2-c2cccnc2)CC1. The van der Waals surface area contributed by atoms with Gasteiger partial charge in [-0.15, -0.1) is 0 Å². The second-order valence-corrected chi connectivity index (χ2v) is 8.39. The lowest BCUT2D eigenvalue weighted by molar-refractivity contribution is -0.126. The molecule has 0 aliphatic carbocycles. The predicted molar refractivity (Wildman–Crippen MR) is 98.5 cm³/mol. The molecule has 0 bridgehead atoms. The molecule has 3 heterocycles. The van der Waals surface area contributed by atoms with Crippen LogP contribution in [0, 0.1) is 5.92 Å². The van der Waals surface area contributed by atoms with Crippen molar-refractivity contribution in [3.05, 3.63) is 48.4 Å². The van der Waals surface area contributed by atoms with E-state index in [-0.39, 0.29) is 11.8 Å². The molecule has 0 saturated carbocycles. The van der Waals surface area contributed by atoms with Crippen molar-refractivity contribution >= 4 is 15.9 Å². The average Bonchev–Trinajstić information content (AvgIpc) is 2.66. The number of nitrogens with zero attached hydrogens (tertiary/aromatic N) is 3. The molecule has 0 atom stereocenters. The van der Waals surface area contributed by atoms with Crippen LogP contribution in [0.25, 0.3) is 11.3 Å². The highest BCUT2D eigenvalue weighted by Gasteiger charge is 2.28. The largest absolute Gasteiger partial charge is 0.352 e. The van der Waals surface area contributed by atoms with E-state index in [4.69, 9.17) is 0 Å². The topological polar surface area (TPSA) is 92.3 Å². The number of rotatable bonds is 5. The van der Waals surface area contributed by atoms with Crippen LogP contribution in [0.1, 0.15) is 18.4 Å². The Bertz CT molecular complexity index is 863. The van der Waals surface area contributed by atoms with Gasteiger partial charge in [-0.3, -0.25) is 14.8 Å². The molecule has 3 rings (SSSR count). The van der Waals surface area contributed by atoms with Crippen molar-refractivity contribution in [1.29, 1.82) is 0 Å². The van der Waals surface area contributed by atoms with E-state index in [2.05, 4.69) is 15.3 Å². The molecule has 1 saturated heterocycles. The molecule has 138 valence electrons. The van der Waals surface area contributed by atoms with Crippen molar-refractivity contribution in [2.75, 3.05) is 19.3 Å². The number of hydrogen-bond acceptors (Lipinski definition) is 5. The zero-order valence-corrected chi connectivity index (χ0v) is 15.4. The van der Waals surface area contributed by atoms with Gasteiger partial charge in [0, 0.05) is 49.7 Å². The van der Waals surface area contributed by atoms with Gasteiger partial charge in [0.1, 0.15) is 0 Å². The molecule has 8 heteroatoms. The lowest BCUT2D eigenvalue weighted by atomic mass is 9.97. The fraction of sp³-hybridized carbons (Fsp3) is 0.389. The fourth-order valence-corrected chi connectivity index (χ4v) is 3.99.